The Morgan fingerprint density at radius 1 is 1.07 bits per heavy atom. The molecule has 0 radical (unpaired) electrons. The number of thiophene rings is 1. The largest absolute Gasteiger partial charge is 0.354 e. The standard InChI is InChI=1S/C16H17BrN6O2S2/c1-12-4-5-23(20-12)15-10-14(18-11-19-15)21-6-8-22(9-7-21)27(24,25)16-3-2-13(17)26-16/h2-5,10-11H,6-9H2,1H3. The van der Waals surface area contributed by atoms with Crippen molar-refractivity contribution >= 4 is 43.1 Å². The van der Waals surface area contributed by atoms with E-state index in [1.807, 2.05) is 25.3 Å². The Morgan fingerprint density at radius 3 is 2.44 bits per heavy atom. The minimum Gasteiger partial charge on any atom is -0.354 e. The molecule has 142 valence electrons. The summed E-state index contributed by atoms with van der Waals surface area (Å²) in [5.41, 5.74) is 0.911. The molecule has 1 saturated heterocycles. The first kappa shape index (κ1) is 18.5. The molecule has 11 heteroatoms. The number of anilines is 1. The van der Waals surface area contributed by atoms with Crippen LogP contribution in [-0.2, 0) is 10.0 Å². The Bertz CT molecular complexity index is 1060. The van der Waals surface area contributed by atoms with Gasteiger partial charge in [-0.1, -0.05) is 0 Å². The molecule has 0 bridgehead atoms. The average Bonchev–Trinajstić information content (AvgIpc) is 3.31. The van der Waals surface area contributed by atoms with E-state index >= 15 is 0 Å². The number of rotatable bonds is 4. The Labute approximate surface area is 169 Å². The molecule has 0 aliphatic carbocycles. The van der Waals surface area contributed by atoms with Crippen molar-refractivity contribution in [3.63, 3.8) is 0 Å². The van der Waals surface area contributed by atoms with Crippen molar-refractivity contribution in [1.29, 1.82) is 0 Å². The van der Waals surface area contributed by atoms with E-state index in [9.17, 15) is 8.42 Å². The molecule has 3 aromatic rings. The molecule has 1 fully saturated rings. The van der Waals surface area contributed by atoms with Crippen molar-refractivity contribution in [1.82, 2.24) is 24.1 Å². The van der Waals surface area contributed by atoms with Crippen LogP contribution < -0.4 is 4.90 Å². The molecule has 0 N–H and O–H groups in total. The van der Waals surface area contributed by atoms with Gasteiger partial charge in [0.25, 0.3) is 10.0 Å². The number of hydrogen-bond donors (Lipinski definition) is 0. The van der Waals surface area contributed by atoms with Gasteiger partial charge < -0.3 is 4.90 Å². The second kappa shape index (κ2) is 7.30. The molecule has 1 aliphatic heterocycles. The van der Waals surface area contributed by atoms with Crippen LogP contribution in [0.15, 0.2) is 44.8 Å². The van der Waals surface area contributed by atoms with Crippen molar-refractivity contribution in [2.24, 2.45) is 0 Å². The first-order valence-electron chi connectivity index (χ1n) is 8.28. The van der Waals surface area contributed by atoms with Gasteiger partial charge in [0.15, 0.2) is 5.82 Å². The smallest absolute Gasteiger partial charge is 0.252 e. The van der Waals surface area contributed by atoms with E-state index in [-0.39, 0.29) is 0 Å². The molecule has 27 heavy (non-hydrogen) atoms. The number of halogens is 1. The van der Waals surface area contributed by atoms with Crippen LogP contribution in [0, 0.1) is 6.92 Å². The number of nitrogens with zero attached hydrogens (tertiary/aromatic N) is 6. The average molecular weight is 469 g/mol. The van der Waals surface area contributed by atoms with Gasteiger partial charge >= 0.3 is 0 Å². The number of sulfonamides is 1. The van der Waals surface area contributed by atoms with Crippen molar-refractivity contribution < 1.29 is 8.42 Å². The summed E-state index contributed by atoms with van der Waals surface area (Å²) >= 11 is 4.55. The zero-order valence-electron chi connectivity index (χ0n) is 14.5. The van der Waals surface area contributed by atoms with Crippen molar-refractivity contribution in [3.8, 4) is 5.82 Å². The quantitative estimate of drug-likeness (QED) is 0.583. The number of aromatic nitrogens is 4. The van der Waals surface area contributed by atoms with E-state index in [2.05, 4.69) is 35.9 Å². The number of aryl methyl sites for hydroxylation is 1. The zero-order chi connectivity index (χ0) is 19.0. The lowest BCUT2D eigenvalue weighted by Gasteiger charge is -2.34. The maximum absolute atomic E-state index is 12.7. The van der Waals surface area contributed by atoms with Crippen LogP contribution in [0.1, 0.15) is 5.69 Å². The zero-order valence-corrected chi connectivity index (χ0v) is 17.7. The molecule has 0 atom stereocenters. The predicted octanol–water partition coefficient (Wildman–Crippen LogP) is 2.31. The third-order valence-electron chi connectivity index (χ3n) is 4.30. The normalized spacial score (nSPS) is 16.0. The minimum absolute atomic E-state index is 0.362. The van der Waals surface area contributed by atoms with Gasteiger partial charge in [-0.2, -0.15) is 9.40 Å². The van der Waals surface area contributed by atoms with Crippen LogP contribution >= 0.6 is 27.3 Å². The summed E-state index contributed by atoms with van der Waals surface area (Å²) in [6.07, 6.45) is 3.36. The van der Waals surface area contributed by atoms with Gasteiger partial charge in [0.05, 0.1) is 9.48 Å². The van der Waals surface area contributed by atoms with Crippen LogP contribution in [0.2, 0.25) is 0 Å². The molecular weight excluding hydrogens is 452 g/mol. The van der Waals surface area contributed by atoms with Crippen LogP contribution in [0.3, 0.4) is 0 Å². The topological polar surface area (TPSA) is 84.2 Å². The highest BCUT2D eigenvalue weighted by Gasteiger charge is 2.30. The Balaban J connectivity index is 1.48. The van der Waals surface area contributed by atoms with E-state index in [4.69, 9.17) is 0 Å². The molecular formula is C16H17BrN6O2S2. The second-order valence-corrected chi connectivity index (χ2v) is 10.7. The SMILES string of the molecule is Cc1ccn(-c2cc(N3CCN(S(=O)(=O)c4ccc(Br)s4)CC3)ncn2)n1. The molecule has 0 unspecified atom stereocenters. The maximum Gasteiger partial charge on any atom is 0.252 e. The van der Waals surface area contributed by atoms with Gasteiger partial charge in [-0.25, -0.2) is 23.1 Å². The summed E-state index contributed by atoms with van der Waals surface area (Å²) in [6.45, 7) is 3.89. The highest BCUT2D eigenvalue weighted by atomic mass is 79.9. The molecule has 4 heterocycles. The molecule has 0 spiro atoms. The van der Waals surface area contributed by atoms with E-state index in [1.165, 1.54) is 22.0 Å². The fourth-order valence-corrected chi connectivity index (χ4v) is 6.49. The van der Waals surface area contributed by atoms with E-state index in [0.29, 0.717) is 36.2 Å². The van der Waals surface area contributed by atoms with Crippen molar-refractivity contribution in [2.75, 3.05) is 31.1 Å². The Hall–Kier alpha value is -1.82. The maximum atomic E-state index is 12.7. The predicted molar refractivity (Wildman–Crippen MR) is 107 cm³/mol. The Kier molecular flexibility index (Phi) is 5.01. The summed E-state index contributed by atoms with van der Waals surface area (Å²) in [5, 5.41) is 4.36. The molecule has 4 rings (SSSR count). The van der Waals surface area contributed by atoms with Gasteiger partial charge in [0.1, 0.15) is 16.4 Å². The van der Waals surface area contributed by atoms with Crippen molar-refractivity contribution in [2.45, 2.75) is 11.1 Å². The van der Waals surface area contributed by atoms with Crippen LogP contribution in [0.4, 0.5) is 5.82 Å². The summed E-state index contributed by atoms with van der Waals surface area (Å²) < 4.78 is 29.9. The summed E-state index contributed by atoms with van der Waals surface area (Å²) in [7, 11) is -3.45. The number of hydrogen-bond acceptors (Lipinski definition) is 7. The first-order chi connectivity index (χ1) is 12.9. The fourth-order valence-electron chi connectivity index (χ4n) is 2.90. The van der Waals surface area contributed by atoms with E-state index < -0.39 is 10.0 Å². The van der Waals surface area contributed by atoms with Gasteiger partial charge in [-0.05, 0) is 41.1 Å². The second-order valence-electron chi connectivity index (χ2n) is 6.09. The summed E-state index contributed by atoms with van der Waals surface area (Å²) in [4.78, 5) is 10.7. The third-order valence-corrected chi connectivity index (χ3v) is 8.29. The van der Waals surface area contributed by atoms with Gasteiger partial charge in [0.2, 0.25) is 0 Å². The monoisotopic (exact) mass is 468 g/mol. The third kappa shape index (κ3) is 3.77. The lowest BCUT2D eigenvalue weighted by atomic mass is 10.3. The van der Waals surface area contributed by atoms with Crippen LogP contribution in [0.25, 0.3) is 5.82 Å². The highest BCUT2D eigenvalue weighted by Crippen LogP contribution is 2.29. The molecule has 0 aromatic carbocycles. The van der Waals surface area contributed by atoms with E-state index in [1.54, 1.807) is 16.8 Å². The van der Waals surface area contributed by atoms with Crippen LogP contribution in [0.5, 0.6) is 0 Å². The highest BCUT2D eigenvalue weighted by molar-refractivity contribution is 9.11. The Morgan fingerprint density at radius 2 is 1.81 bits per heavy atom. The molecule has 3 aromatic heterocycles. The van der Waals surface area contributed by atoms with Gasteiger partial charge in [0, 0.05) is 38.4 Å². The molecule has 0 amide bonds. The lowest BCUT2D eigenvalue weighted by Crippen LogP contribution is -2.48. The number of piperazine rings is 1. The summed E-state index contributed by atoms with van der Waals surface area (Å²) in [6, 6.07) is 7.17. The minimum atomic E-state index is -3.45. The van der Waals surface area contributed by atoms with Gasteiger partial charge in [-0.3, -0.25) is 0 Å². The summed E-state index contributed by atoms with van der Waals surface area (Å²) in [5.74, 6) is 1.45. The van der Waals surface area contributed by atoms with Crippen LogP contribution in [-0.4, -0.2) is 58.7 Å². The fraction of sp³-hybridized carbons (Fsp3) is 0.312. The molecule has 8 nitrogen and oxygen atoms in total. The van der Waals surface area contributed by atoms with Crippen molar-refractivity contribution in [3.05, 3.63) is 46.3 Å². The lowest BCUT2D eigenvalue weighted by molar-refractivity contribution is 0.384. The van der Waals surface area contributed by atoms with Gasteiger partial charge in [-0.15, -0.1) is 11.3 Å². The molecule has 0 saturated carbocycles. The van der Waals surface area contributed by atoms with E-state index in [0.717, 1.165) is 15.3 Å². The first-order valence-corrected chi connectivity index (χ1v) is 11.3. The molecule has 1 aliphatic rings.